The molecule has 0 aliphatic heterocycles. The van der Waals surface area contributed by atoms with E-state index in [1.54, 1.807) is 0 Å². The second-order valence-corrected chi connectivity index (χ2v) is 4.07. The molecule has 2 N–H and O–H groups in total. The molecule has 0 bridgehead atoms. The molecule has 0 unspecified atom stereocenters. The van der Waals surface area contributed by atoms with E-state index >= 15 is 0 Å². The molecule has 5 heteroatoms. The van der Waals surface area contributed by atoms with Crippen LogP contribution in [0.1, 0.15) is 18.0 Å². The SMILES string of the molecule is COC(=O)C[C@H](N)c1ccccc1I.Cl. The predicted octanol–water partition coefficient (Wildman–Crippen LogP) is 2.28. The van der Waals surface area contributed by atoms with Gasteiger partial charge in [-0.3, -0.25) is 4.79 Å². The van der Waals surface area contributed by atoms with Crippen molar-refractivity contribution in [3.63, 3.8) is 0 Å². The first-order chi connectivity index (χ1) is 6.65. The van der Waals surface area contributed by atoms with Gasteiger partial charge in [0.15, 0.2) is 0 Å². The van der Waals surface area contributed by atoms with Crippen LogP contribution in [0.4, 0.5) is 0 Å². The normalized spacial score (nSPS) is 11.4. The Bertz CT molecular complexity index is 333. The van der Waals surface area contributed by atoms with Crippen LogP contribution in [0.25, 0.3) is 0 Å². The zero-order valence-electron chi connectivity index (χ0n) is 8.27. The van der Waals surface area contributed by atoms with Crippen molar-refractivity contribution in [2.45, 2.75) is 12.5 Å². The number of hydrogen-bond donors (Lipinski definition) is 1. The molecule has 0 saturated carbocycles. The van der Waals surface area contributed by atoms with Gasteiger partial charge in [0.1, 0.15) is 0 Å². The smallest absolute Gasteiger partial charge is 0.307 e. The van der Waals surface area contributed by atoms with E-state index in [9.17, 15) is 4.79 Å². The highest BCUT2D eigenvalue weighted by molar-refractivity contribution is 14.1. The fourth-order valence-electron chi connectivity index (χ4n) is 1.15. The molecule has 0 saturated heterocycles. The van der Waals surface area contributed by atoms with E-state index in [2.05, 4.69) is 27.3 Å². The number of benzene rings is 1. The van der Waals surface area contributed by atoms with E-state index in [1.807, 2.05) is 24.3 Å². The quantitative estimate of drug-likeness (QED) is 0.678. The number of rotatable bonds is 3. The maximum atomic E-state index is 11.0. The zero-order chi connectivity index (χ0) is 10.6. The van der Waals surface area contributed by atoms with Crippen molar-refractivity contribution in [2.75, 3.05) is 7.11 Å². The molecule has 0 amide bonds. The lowest BCUT2D eigenvalue weighted by Crippen LogP contribution is -2.17. The van der Waals surface area contributed by atoms with Crippen LogP contribution in [0.2, 0.25) is 0 Å². The molecule has 0 spiro atoms. The standard InChI is InChI=1S/C10H12INO2.ClH/c1-14-10(13)6-9(12)7-4-2-3-5-8(7)11;/h2-5,9H,6,12H2,1H3;1H/t9-;/m0./s1. The van der Waals surface area contributed by atoms with E-state index in [4.69, 9.17) is 5.73 Å². The Morgan fingerprint density at radius 2 is 2.13 bits per heavy atom. The summed E-state index contributed by atoms with van der Waals surface area (Å²) in [7, 11) is 1.37. The third-order valence-electron chi connectivity index (χ3n) is 1.92. The van der Waals surface area contributed by atoms with E-state index in [-0.39, 0.29) is 30.8 Å². The number of carbonyl (C=O) groups is 1. The molecule has 0 aliphatic carbocycles. The van der Waals surface area contributed by atoms with Gasteiger partial charge < -0.3 is 10.5 Å². The maximum absolute atomic E-state index is 11.0. The summed E-state index contributed by atoms with van der Waals surface area (Å²) in [5.41, 5.74) is 6.85. The molecule has 0 radical (unpaired) electrons. The molecule has 0 heterocycles. The number of methoxy groups -OCH3 is 1. The Hall–Kier alpha value is -0.330. The third-order valence-corrected chi connectivity index (χ3v) is 2.90. The minimum Gasteiger partial charge on any atom is -0.469 e. The van der Waals surface area contributed by atoms with Crippen LogP contribution in [0.15, 0.2) is 24.3 Å². The third kappa shape index (κ3) is 4.36. The van der Waals surface area contributed by atoms with Crippen LogP contribution in [-0.4, -0.2) is 13.1 Å². The molecule has 0 aromatic heterocycles. The minimum atomic E-state index is -0.282. The van der Waals surface area contributed by atoms with Gasteiger partial charge in [0.05, 0.1) is 13.5 Å². The van der Waals surface area contributed by atoms with Gasteiger partial charge in [-0.1, -0.05) is 18.2 Å². The second kappa shape index (κ2) is 7.03. The van der Waals surface area contributed by atoms with Crippen LogP contribution in [0.3, 0.4) is 0 Å². The van der Waals surface area contributed by atoms with E-state index in [0.717, 1.165) is 9.13 Å². The van der Waals surface area contributed by atoms with Gasteiger partial charge in [-0.15, -0.1) is 12.4 Å². The Morgan fingerprint density at radius 1 is 1.53 bits per heavy atom. The number of esters is 1. The van der Waals surface area contributed by atoms with Crippen molar-refractivity contribution in [1.29, 1.82) is 0 Å². The molecular weight excluding hydrogens is 328 g/mol. The van der Waals surface area contributed by atoms with E-state index in [1.165, 1.54) is 7.11 Å². The fraction of sp³-hybridized carbons (Fsp3) is 0.300. The van der Waals surface area contributed by atoms with Crippen LogP contribution in [0.5, 0.6) is 0 Å². The Kier molecular flexibility index (Phi) is 6.87. The van der Waals surface area contributed by atoms with Gasteiger partial charge in [-0.05, 0) is 34.2 Å². The summed E-state index contributed by atoms with van der Waals surface area (Å²) in [4.78, 5) is 11.0. The molecule has 0 fully saturated rings. The van der Waals surface area contributed by atoms with E-state index in [0.29, 0.717) is 0 Å². The number of nitrogens with two attached hydrogens (primary N) is 1. The Morgan fingerprint density at radius 3 is 2.67 bits per heavy atom. The highest BCUT2D eigenvalue weighted by Crippen LogP contribution is 2.20. The first-order valence-corrected chi connectivity index (χ1v) is 5.30. The summed E-state index contributed by atoms with van der Waals surface area (Å²) in [6.45, 7) is 0. The molecule has 3 nitrogen and oxygen atoms in total. The van der Waals surface area contributed by atoms with Crippen molar-refractivity contribution in [3.8, 4) is 0 Å². The van der Waals surface area contributed by atoms with Crippen LogP contribution in [-0.2, 0) is 9.53 Å². The van der Waals surface area contributed by atoms with Gasteiger partial charge in [0.25, 0.3) is 0 Å². The van der Waals surface area contributed by atoms with Crippen LogP contribution < -0.4 is 5.73 Å². The Labute approximate surface area is 109 Å². The predicted molar refractivity (Wildman–Crippen MR) is 70.0 cm³/mol. The van der Waals surface area contributed by atoms with Crippen molar-refractivity contribution in [2.24, 2.45) is 5.73 Å². The molecule has 1 aromatic carbocycles. The summed E-state index contributed by atoms with van der Waals surface area (Å²) in [6.07, 6.45) is 0.219. The lowest BCUT2D eigenvalue weighted by Gasteiger charge is -2.11. The Balaban J connectivity index is 0.00000196. The zero-order valence-corrected chi connectivity index (χ0v) is 11.2. The summed E-state index contributed by atoms with van der Waals surface area (Å²) in [6, 6.07) is 7.46. The van der Waals surface area contributed by atoms with Crippen molar-refractivity contribution >= 4 is 41.0 Å². The first kappa shape index (κ1) is 14.7. The summed E-state index contributed by atoms with van der Waals surface area (Å²) in [5, 5.41) is 0. The molecule has 1 atom stereocenters. The fourth-order valence-corrected chi connectivity index (χ4v) is 1.94. The van der Waals surface area contributed by atoms with Gasteiger partial charge in [0, 0.05) is 9.61 Å². The molecule has 15 heavy (non-hydrogen) atoms. The van der Waals surface area contributed by atoms with Gasteiger partial charge in [-0.2, -0.15) is 0 Å². The maximum Gasteiger partial charge on any atom is 0.307 e. The highest BCUT2D eigenvalue weighted by Gasteiger charge is 2.13. The highest BCUT2D eigenvalue weighted by atomic mass is 127. The lowest BCUT2D eigenvalue weighted by atomic mass is 10.1. The van der Waals surface area contributed by atoms with Gasteiger partial charge in [0.2, 0.25) is 0 Å². The average Bonchev–Trinajstić information content (AvgIpc) is 2.18. The molecule has 1 aromatic rings. The number of carbonyl (C=O) groups excluding carboxylic acids is 1. The van der Waals surface area contributed by atoms with Crippen molar-refractivity contribution < 1.29 is 9.53 Å². The molecule has 1 rings (SSSR count). The summed E-state index contributed by atoms with van der Waals surface area (Å²) < 4.78 is 5.63. The molecule has 0 aliphatic rings. The summed E-state index contributed by atoms with van der Waals surface area (Å²) >= 11 is 2.20. The first-order valence-electron chi connectivity index (χ1n) is 4.22. The van der Waals surface area contributed by atoms with Crippen molar-refractivity contribution in [3.05, 3.63) is 33.4 Å². The van der Waals surface area contributed by atoms with Gasteiger partial charge in [-0.25, -0.2) is 0 Å². The monoisotopic (exact) mass is 341 g/mol. The van der Waals surface area contributed by atoms with Gasteiger partial charge >= 0.3 is 5.97 Å². The number of halogens is 2. The van der Waals surface area contributed by atoms with E-state index < -0.39 is 0 Å². The minimum absolute atomic E-state index is 0. The van der Waals surface area contributed by atoms with Crippen LogP contribution >= 0.6 is 35.0 Å². The number of ether oxygens (including phenoxy) is 1. The molecular formula is C10H13ClINO2. The largest absolute Gasteiger partial charge is 0.469 e. The second-order valence-electron chi connectivity index (χ2n) is 2.91. The van der Waals surface area contributed by atoms with Crippen LogP contribution in [0, 0.1) is 3.57 Å². The molecule has 84 valence electrons. The lowest BCUT2D eigenvalue weighted by molar-refractivity contribution is -0.141. The topological polar surface area (TPSA) is 52.3 Å². The average molecular weight is 342 g/mol. The van der Waals surface area contributed by atoms with Crippen molar-refractivity contribution in [1.82, 2.24) is 0 Å². The summed E-state index contributed by atoms with van der Waals surface area (Å²) in [5.74, 6) is -0.280. The number of hydrogen-bond acceptors (Lipinski definition) is 3.